The van der Waals surface area contributed by atoms with Crippen LogP contribution in [-0.4, -0.2) is 21.4 Å². The molecule has 2 aromatic rings. The van der Waals surface area contributed by atoms with Crippen molar-refractivity contribution in [3.8, 4) is 0 Å². The fourth-order valence-corrected chi connectivity index (χ4v) is 4.06. The molecule has 2 rings (SSSR count). The van der Waals surface area contributed by atoms with Crippen molar-refractivity contribution in [1.29, 1.82) is 0 Å². The molecule has 27 heavy (non-hydrogen) atoms. The second-order valence-electron chi connectivity index (χ2n) is 8.62. The first-order valence-corrected chi connectivity index (χ1v) is 12.3. The van der Waals surface area contributed by atoms with Gasteiger partial charge in [-0.25, -0.2) is 0 Å². The number of esters is 1. The monoisotopic (exact) mass is 384 g/mol. The lowest BCUT2D eigenvalue weighted by molar-refractivity contribution is -0.145. The highest BCUT2D eigenvalue weighted by Gasteiger charge is 2.43. The van der Waals surface area contributed by atoms with Crippen LogP contribution in [0, 0.1) is 6.92 Å². The Kier molecular flexibility index (Phi) is 6.66. The Labute approximate surface area is 164 Å². The number of carbonyl (C=O) groups is 1. The van der Waals surface area contributed by atoms with E-state index in [2.05, 4.69) is 65.1 Å². The average Bonchev–Trinajstić information content (AvgIpc) is 2.61. The van der Waals surface area contributed by atoms with E-state index >= 15 is 0 Å². The summed E-state index contributed by atoms with van der Waals surface area (Å²) in [4.78, 5) is 12.8. The quantitative estimate of drug-likeness (QED) is 0.451. The summed E-state index contributed by atoms with van der Waals surface area (Å²) in [6.07, 6.45) is -0.388. The van der Waals surface area contributed by atoms with Crippen LogP contribution in [-0.2, 0) is 14.0 Å². The molecule has 0 aromatic heterocycles. The standard InChI is InChI=1S/C23H32O3Si/c1-17-13-15-19(16-14-17)21(26-27(6,7)23(2,3)4)20(22(24)25-5)18-11-9-8-10-12-18/h8-16,20-21H,1-7H3/t20-,21+/m1/s1. The lowest BCUT2D eigenvalue weighted by atomic mass is 9.89. The van der Waals surface area contributed by atoms with Gasteiger partial charge in [-0.15, -0.1) is 0 Å². The predicted octanol–water partition coefficient (Wildman–Crippen LogP) is 6.01. The molecule has 146 valence electrons. The molecule has 0 saturated carbocycles. The van der Waals surface area contributed by atoms with Crippen molar-refractivity contribution in [3.05, 3.63) is 71.3 Å². The SMILES string of the molecule is COC(=O)[C@H](c1ccccc1)[C@@H](O[Si](C)(C)C(C)(C)C)c1ccc(C)cc1. The van der Waals surface area contributed by atoms with Gasteiger partial charge in [-0.05, 0) is 36.2 Å². The van der Waals surface area contributed by atoms with E-state index < -0.39 is 14.2 Å². The molecule has 4 heteroatoms. The van der Waals surface area contributed by atoms with Crippen LogP contribution in [0.3, 0.4) is 0 Å². The van der Waals surface area contributed by atoms with Gasteiger partial charge >= 0.3 is 5.97 Å². The van der Waals surface area contributed by atoms with E-state index in [4.69, 9.17) is 9.16 Å². The molecule has 0 bridgehead atoms. The average molecular weight is 385 g/mol. The number of carbonyl (C=O) groups excluding carboxylic acids is 1. The van der Waals surface area contributed by atoms with Gasteiger partial charge in [0.25, 0.3) is 0 Å². The maximum Gasteiger partial charge on any atom is 0.316 e. The van der Waals surface area contributed by atoms with Crippen molar-refractivity contribution in [2.75, 3.05) is 7.11 Å². The molecule has 0 spiro atoms. The molecule has 0 unspecified atom stereocenters. The van der Waals surface area contributed by atoms with Crippen LogP contribution in [0.2, 0.25) is 18.1 Å². The van der Waals surface area contributed by atoms with Crippen LogP contribution in [0.5, 0.6) is 0 Å². The molecule has 0 saturated heterocycles. The zero-order valence-corrected chi connectivity index (χ0v) is 18.6. The molecule has 0 aliphatic rings. The van der Waals surface area contributed by atoms with E-state index in [1.165, 1.54) is 12.7 Å². The Balaban J connectivity index is 2.58. The fourth-order valence-electron chi connectivity index (χ4n) is 2.80. The van der Waals surface area contributed by atoms with Gasteiger partial charge in [-0.2, -0.15) is 0 Å². The molecule has 0 heterocycles. The number of ether oxygens (including phenoxy) is 1. The number of methoxy groups -OCH3 is 1. The summed E-state index contributed by atoms with van der Waals surface area (Å²) in [5.41, 5.74) is 3.09. The van der Waals surface area contributed by atoms with E-state index in [0.717, 1.165) is 11.1 Å². The maximum atomic E-state index is 12.8. The number of benzene rings is 2. The minimum Gasteiger partial charge on any atom is -0.468 e. The van der Waals surface area contributed by atoms with Crippen LogP contribution < -0.4 is 0 Å². The van der Waals surface area contributed by atoms with Gasteiger partial charge in [0.15, 0.2) is 8.32 Å². The molecule has 0 amide bonds. The summed E-state index contributed by atoms with van der Waals surface area (Å²) in [7, 11) is -0.685. The lowest BCUT2D eigenvalue weighted by Gasteiger charge is -2.41. The third kappa shape index (κ3) is 5.08. The van der Waals surface area contributed by atoms with Gasteiger partial charge in [0, 0.05) is 0 Å². The molecule has 0 fully saturated rings. The second-order valence-corrected chi connectivity index (χ2v) is 13.4. The summed E-state index contributed by atoms with van der Waals surface area (Å²) in [5.74, 6) is -0.779. The van der Waals surface area contributed by atoms with Crippen molar-refractivity contribution in [2.45, 2.75) is 57.8 Å². The first-order chi connectivity index (χ1) is 12.6. The van der Waals surface area contributed by atoms with Gasteiger partial charge < -0.3 is 9.16 Å². The normalized spacial score (nSPS) is 14.5. The summed E-state index contributed by atoms with van der Waals surface area (Å²) < 4.78 is 12.0. The minimum atomic E-state index is -2.13. The summed E-state index contributed by atoms with van der Waals surface area (Å²) in [5, 5.41) is 0.0350. The van der Waals surface area contributed by atoms with Crippen molar-refractivity contribution in [3.63, 3.8) is 0 Å². The topological polar surface area (TPSA) is 35.5 Å². The molecule has 0 aliphatic heterocycles. The van der Waals surface area contributed by atoms with E-state index in [-0.39, 0.29) is 17.1 Å². The Hall–Kier alpha value is -1.91. The molecule has 0 N–H and O–H groups in total. The molecule has 2 atom stereocenters. The largest absolute Gasteiger partial charge is 0.468 e. The summed E-state index contributed by atoms with van der Waals surface area (Å²) >= 11 is 0. The molecular weight excluding hydrogens is 352 g/mol. The van der Waals surface area contributed by atoms with E-state index in [1.54, 1.807) is 0 Å². The van der Waals surface area contributed by atoms with Crippen molar-refractivity contribution in [2.24, 2.45) is 0 Å². The van der Waals surface area contributed by atoms with E-state index in [0.29, 0.717) is 0 Å². The highest BCUT2D eigenvalue weighted by molar-refractivity contribution is 6.74. The van der Waals surface area contributed by atoms with E-state index in [9.17, 15) is 4.79 Å². The molecular formula is C23H32O3Si. The van der Waals surface area contributed by atoms with Gasteiger partial charge in [-0.3, -0.25) is 4.79 Å². The Bertz CT molecular complexity index is 745. The molecule has 2 aromatic carbocycles. The fraction of sp³-hybridized carbons (Fsp3) is 0.435. The molecule has 0 aliphatic carbocycles. The van der Waals surface area contributed by atoms with Crippen molar-refractivity contribution in [1.82, 2.24) is 0 Å². The number of aryl methyl sites for hydroxylation is 1. The Morgan fingerprint density at radius 3 is 1.96 bits per heavy atom. The third-order valence-corrected chi connectivity index (χ3v) is 10.0. The number of hydrogen-bond donors (Lipinski definition) is 0. The van der Waals surface area contributed by atoms with Crippen molar-refractivity contribution < 1.29 is 14.0 Å². The Morgan fingerprint density at radius 1 is 0.926 bits per heavy atom. The van der Waals surface area contributed by atoms with Gasteiger partial charge in [0.05, 0.1) is 13.2 Å². The highest BCUT2D eigenvalue weighted by atomic mass is 28.4. The number of hydrogen-bond acceptors (Lipinski definition) is 3. The van der Waals surface area contributed by atoms with Gasteiger partial charge in [0.1, 0.15) is 5.92 Å². The van der Waals surface area contributed by atoms with Crippen molar-refractivity contribution >= 4 is 14.3 Å². The molecule has 0 radical (unpaired) electrons. The Morgan fingerprint density at radius 2 is 1.48 bits per heavy atom. The first kappa shape index (κ1) is 21.4. The number of rotatable bonds is 6. The van der Waals surface area contributed by atoms with Crippen LogP contribution in [0.4, 0.5) is 0 Å². The van der Waals surface area contributed by atoms with Crippen LogP contribution >= 0.6 is 0 Å². The van der Waals surface area contributed by atoms with Crippen LogP contribution in [0.15, 0.2) is 54.6 Å². The predicted molar refractivity (Wildman–Crippen MR) is 113 cm³/mol. The first-order valence-electron chi connectivity index (χ1n) is 9.44. The maximum absolute atomic E-state index is 12.8. The van der Waals surface area contributed by atoms with Crippen LogP contribution in [0.25, 0.3) is 0 Å². The zero-order chi connectivity index (χ0) is 20.2. The zero-order valence-electron chi connectivity index (χ0n) is 17.6. The van der Waals surface area contributed by atoms with E-state index in [1.807, 2.05) is 30.3 Å². The van der Waals surface area contributed by atoms with Gasteiger partial charge in [-0.1, -0.05) is 80.9 Å². The third-order valence-electron chi connectivity index (χ3n) is 5.55. The van der Waals surface area contributed by atoms with Crippen LogP contribution in [0.1, 0.15) is 49.5 Å². The lowest BCUT2D eigenvalue weighted by Crippen LogP contribution is -2.43. The molecule has 3 nitrogen and oxygen atoms in total. The smallest absolute Gasteiger partial charge is 0.316 e. The highest BCUT2D eigenvalue weighted by Crippen LogP contribution is 2.44. The summed E-state index contributed by atoms with van der Waals surface area (Å²) in [6, 6.07) is 18.0. The van der Waals surface area contributed by atoms with Gasteiger partial charge in [0.2, 0.25) is 0 Å². The minimum absolute atomic E-state index is 0.0350. The second kappa shape index (κ2) is 8.40. The summed E-state index contributed by atoms with van der Waals surface area (Å²) in [6.45, 7) is 13.1.